The Morgan fingerprint density at radius 1 is 1.07 bits per heavy atom. The summed E-state index contributed by atoms with van der Waals surface area (Å²) in [5.74, 6) is 0.0198. The Bertz CT molecular complexity index is 656. The van der Waals surface area contributed by atoms with Gasteiger partial charge in [-0.15, -0.1) is 0 Å². The van der Waals surface area contributed by atoms with Gasteiger partial charge in [-0.05, 0) is 31.4 Å². The third kappa shape index (κ3) is 6.30. The van der Waals surface area contributed by atoms with Crippen LogP contribution < -0.4 is 5.32 Å². The lowest BCUT2D eigenvalue weighted by Gasteiger charge is -2.45. The lowest BCUT2D eigenvalue weighted by atomic mass is 9.98. The second kappa shape index (κ2) is 11.7. The van der Waals surface area contributed by atoms with Crippen LogP contribution in [0.5, 0.6) is 0 Å². The molecule has 1 N–H and O–H groups in total. The zero-order chi connectivity index (χ0) is 20.5. The molecule has 3 rings (SSSR count). The summed E-state index contributed by atoms with van der Waals surface area (Å²) >= 11 is 1.60. The minimum absolute atomic E-state index is 0.0198. The molecule has 2 aliphatic rings. The zero-order valence-electron chi connectivity index (χ0n) is 17.1. The van der Waals surface area contributed by atoms with Crippen LogP contribution in [-0.4, -0.2) is 63.1 Å². The van der Waals surface area contributed by atoms with Crippen LogP contribution in [-0.2, 0) is 23.7 Å². The van der Waals surface area contributed by atoms with Crippen LogP contribution in [0.3, 0.4) is 0 Å². The summed E-state index contributed by atoms with van der Waals surface area (Å²) in [6, 6.07) is 10.1. The van der Waals surface area contributed by atoms with Crippen molar-refractivity contribution in [3.63, 3.8) is 0 Å². The second-order valence-electron chi connectivity index (χ2n) is 7.17. The molecule has 0 aliphatic carbocycles. The summed E-state index contributed by atoms with van der Waals surface area (Å²) in [5, 5.41) is 3.00. The average Bonchev–Trinajstić information content (AvgIpc) is 2.76. The van der Waals surface area contributed by atoms with Crippen LogP contribution in [0.25, 0.3) is 0 Å². The van der Waals surface area contributed by atoms with E-state index in [9.17, 15) is 4.79 Å². The maximum absolute atomic E-state index is 12.2. The number of carbonyl (C=O) groups excluding carboxylic acids is 1. The Labute approximate surface area is 177 Å². The minimum atomic E-state index is -0.317. The van der Waals surface area contributed by atoms with Gasteiger partial charge in [0.05, 0.1) is 0 Å². The monoisotopic (exact) mass is 421 g/mol. The highest BCUT2D eigenvalue weighted by molar-refractivity contribution is 7.99. The molecule has 1 amide bonds. The molecule has 1 saturated heterocycles. The van der Waals surface area contributed by atoms with Gasteiger partial charge in [0.1, 0.15) is 29.9 Å². The summed E-state index contributed by atoms with van der Waals surface area (Å²) in [6.45, 7) is 0.991. The van der Waals surface area contributed by atoms with Crippen LogP contribution in [0.4, 0.5) is 0 Å². The number of methoxy groups -OCH3 is 2. The van der Waals surface area contributed by atoms with Gasteiger partial charge in [-0.25, -0.2) is 0 Å². The smallest absolute Gasteiger partial charge is 0.220 e. The standard InChI is InChI=1S/C22H31NO5S/c1-25-20-19-17(15-23-18(24)13-9-4-3-5-10-14-27-19)28-22(21(20)26-2)29-16-11-7-6-8-12-16/h3-4,6-8,11-12,17,19-22H,5,9-10,13-15H2,1-2H3,(H,23,24)/t17-,19-,20+,21-,22+/m1/s1. The summed E-state index contributed by atoms with van der Waals surface area (Å²) < 4.78 is 24.3. The van der Waals surface area contributed by atoms with Crippen molar-refractivity contribution in [2.75, 3.05) is 27.4 Å². The van der Waals surface area contributed by atoms with Crippen molar-refractivity contribution in [1.82, 2.24) is 5.32 Å². The van der Waals surface area contributed by atoms with Gasteiger partial charge in [-0.1, -0.05) is 42.1 Å². The number of hydrogen-bond acceptors (Lipinski definition) is 6. The first-order valence-electron chi connectivity index (χ1n) is 10.2. The summed E-state index contributed by atoms with van der Waals surface area (Å²) in [4.78, 5) is 13.3. The molecule has 0 spiro atoms. The maximum atomic E-state index is 12.2. The molecule has 6 nitrogen and oxygen atoms in total. The van der Waals surface area contributed by atoms with Crippen molar-refractivity contribution in [1.29, 1.82) is 0 Å². The number of carbonyl (C=O) groups is 1. The van der Waals surface area contributed by atoms with Crippen LogP contribution in [0, 0.1) is 0 Å². The Morgan fingerprint density at radius 3 is 2.59 bits per heavy atom. The van der Waals surface area contributed by atoms with Gasteiger partial charge in [0.15, 0.2) is 0 Å². The Hall–Kier alpha value is -1.38. The topological polar surface area (TPSA) is 66.0 Å². The lowest BCUT2D eigenvalue weighted by Crippen LogP contribution is -2.61. The summed E-state index contributed by atoms with van der Waals surface area (Å²) in [7, 11) is 3.35. The van der Waals surface area contributed by atoms with Crippen molar-refractivity contribution in [2.24, 2.45) is 0 Å². The summed E-state index contributed by atoms with van der Waals surface area (Å²) in [5.41, 5.74) is -0.272. The Balaban J connectivity index is 1.78. The number of nitrogens with one attached hydrogen (secondary N) is 1. The van der Waals surface area contributed by atoms with E-state index in [-0.39, 0.29) is 35.8 Å². The van der Waals surface area contributed by atoms with Gasteiger partial charge >= 0.3 is 0 Å². The quantitative estimate of drug-likeness (QED) is 0.754. The number of thioether (sulfide) groups is 1. The fourth-order valence-corrected chi connectivity index (χ4v) is 4.84. The molecule has 2 aliphatic heterocycles. The van der Waals surface area contributed by atoms with Crippen LogP contribution in [0.2, 0.25) is 0 Å². The lowest BCUT2D eigenvalue weighted by molar-refractivity contribution is -0.226. The van der Waals surface area contributed by atoms with E-state index >= 15 is 0 Å². The van der Waals surface area contributed by atoms with Gasteiger partial charge in [0.25, 0.3) is 0 Å². The van der Waals surface area contributed by atoms with Crippen LogP contribution >= 0.6 is 11.8 Å². The molecule has 7 heteroatoms. The number of fused-ring (bicyclic) bond motifs is 1. The fraction of sp³-hybridized carbons (Fsp3) is 0.591. The average molecular weight is 422 g/mol. The maximum Gasteiger partial charge on any atom is 0.220 e. The van der Waals surface area contributed by atoms with Crippen LogP contribution in [0.15, 0.2) is 47.4 Å². The highest BCUT2D eigenvalue weighted by atomic mass is 32.2. The molecule has 0 saturated carbocycles. The molecule has 1 aromatic rings. The predicted octanol–water partition coefficient (Wildman–Crippen LogP) is 3.17. The van der Waals surface area contributed by atoms with Crippen LogP contribution in [0.1, 0.15) is 25.7 Å². The van der Waals surface area contributed by atoms with Gasteiger partial charge in [-0.3, -0.25) is 4.79 Å². The molecule has 2 heterocycles. The van der Waals surface area contributed by atoms with Gasteiger partial charge < -0.3 is 24.3 Å². The largest absolute Gasteiger partial charge is 0.376 e. The molecule has 1 fully saturated rings. The molecule has 160 valence electrons. The normalized spacial score (nSPS) is 31.7. The molecule has 0 aromatic heterocycles. The third-order valence-electron chi connectivity index (χ3n) is 5.16. The van der Waals surface area contributed by atoms with Gasteiger partial charge in [0, 0.05) is 38.7 Å². The first-order valence-corrected chi connectivity index (χ1v) is 11.1. The highest BCUT2D eigenvalue weighted by Gasteiger charge is 2.47. The number of hydrogen-bond donors (Lipinski definition) is 1. The van der Waals surface area contributed by atoms with Crippen molar-refractivity contribution in [2.45, 2.75) is 60.4 Å². The third-order valence-corrected chi connectivity index (χ3v) is 6.32. The molecule has 0 radical (unpaired) electrons. The SMILES string of the molecule is CO[C@@H]1[C@@H](OC)[C@H](Sc2ccccc2)O[C@@H]2CNC(=O)CCC=CCCCO[C@@H]12. The van der Waals surface area contributed by atoms with Crippen molar-refractivity contribution >= 4 is 17.7 Å². The van der Waals surface area contributed by atoms with E-state index in [1.54, 1.807) is 26.0 Å². The molecular formula is C22H31NO5S. The first-order chi connectivity index (χ1) is 14.2. The van der Waals surface area contributed by atoms with Crippen molar-refractivity contribution in [3.8, 4) is 0 Å². The molecule has 0 bridgehead atoms. The Morgan fingerprint density at radius 2 is 1.83 bits per heavy atom. The van der Waals surface area contributed by atoms with Gasteiger partial charge in [-0.2, -0.15) is 0 Å². The number of rotatable bonds is 4. The number of allylic oxidation sites excluding steroid dienone is 2. The Kier molecular flexibility index (Phi) is 9.01. The number of ether oxygens (including phenoxy) is 4. The molecule has 5 atom stereocenters. The predicted molar refractivity (Wildman–Crippen MR) is 113 cm³/mol. The van der Waals surface area contributed by atoms with E-state index in [1.165, 1.54) is 0 Å². The van der Waals surface area contributed by atoms with Crippen molar-refractivity contribution < 1.29 is 23.7 Å². The van der Waals surface area contributed by atoms with E-state index in [2.05, 4.69) is 17.5 Å². The van der Waals surface area contributed by atoms with E-state index in [1.807, 2.05) is 30.3 Å². The first kappa shape index (κ1) is 22.3. The van der Waals surface area contributed by atoms with Crippen molar-refractivity contribution in [3.05, 3.63) is 42.5 Å². The zero-order valence-corrected chi connectivity index (χ0v) is 17.9. The van der Waals surface area contributed by atoms with E-state index in [0.29, 0.717) is 19.6 Å². The highest BCUT2D eigenvalue weighted by Crippen LogP contribution is 2.36. The molecular weight excluding hydrogens is 390 g/mol. The molecule has 29 heavy (non-hydrogen) atoms. The van der Waals surface area contributed by atoms with E-state index in [0.717, 1.165) is 24.2 Å². The summed E-state index contributed by atoms with van der Waals surface area (Å²) in [6.07, 6.45) is 6.03. The minimum Gasteiger partial charge on any atom is -0.376 e. The van der Waals surface area contributed by atoms with E-state index in [4.69, 9.17) is 18.9 Å². The van der Waals surface area contributed by atoms with Gasteiger partial charge in [0.2, 0.25) is 5.91 Å². The second-order valence-corrected chi connectivity index (χ2v) is 8.34. The molecule has 1 aromatic carbocycles. The number of benzene rings is 1. The number of amides is 1. The molecule has 0 unspecified atom stereocenters. The fourth-order valence-electron chi connectivity index (χ4n) is 3.66. The van der Waals surface area contributed by atoms with E-state index < -0.39 is 0 Å².